The molecule has 1 aromatic heterocycles. The Morgan fingerprint density at radius 3 is 2.30 bits per heavy atom. The predicted molar refractivity (Wildman–Crippen MR) is 184 cm³/mol. The third-order valence-corrected chi connectivity index (χ3v) is 9.40. The van der Waals surface area contributed by atoms with E-state index in [9.17, 15) is 38.4 Å². The molecule has 0 spiro atoms. The molecule has 2 fully saturated rings. The van der Waals surface area contributed by atoms with Crippen molar-refractivity contribution in [1.82, 2.24) is 40.6 Å². The van der Waals surface area contributed by atoms with Gasteiger partial charge in [0.25, 0.3) is 11.5 Å². The van der Waals surface area contributed by atoms with E-state index in [2.05, 4.69) is 31.8 Å². The minimum absolute atomic E-state index is 0.0661. The summed E-state index contributed by atoms with van der Waals surface area (Å²) in [6, 6.07) is 7.90. The van der Waals surface area contributed by atoms with Crippen molar-refractivity contribution in [2.75, 3.05) is 30.8 Å². The normalized spacial score (nSPS) is 19.9. The lowest BCUT2D eigenvalue weighted by Crippen LogP contribution is -2.52. The average molecular weight is 727 g/mol. The molecule has 2 unspecified atom stereocenters. The van der Waals surface area contributed by atoms with E-state index in [1.165, 1.54) is 14.5 Å². The number of nitrogens with one attached hydrogen (secondary N) is 5. The second-order valence-electron chi connectivity index (χ2n) is 12.9. The average Bonchev–Trinajstić information content (AvgIpc) is 3.62. The molecule has 3 aromatic rings. The van der Waals surface area contributed by atoms with Gasteiger partial charge in [0, 0.05) is 49.4 Å². The number of aryl methyl sites for hydroxylation is 1. The predicted octanol–water partition coefficient (Wildman–Crippen LogP) is 0.139. The first kappa shape index (κ1) is 34.8. The van der Waals surface area contributed by atoms with Crippen molar-refractivity contribution in [3.8, 4) is 0 Å². The van der Waals surface area contributed by atoms with Gasteiger partial charge in [0.15, 0.2) is 0 Å². The Labute approximate surface area is 300 Å². The molecule has 7 rings (SSSR count). The van der Waals surface area contributed by atoms with Crippen molar-refractivity contribution in [1.29, 1.82) is 0 Å². The Morgan fingerprint density at radius 2 is 1.58 bits per heavy atom. The van der Waals surface area contributed by atoms with Crippen LogP contribution in [0.5, 0.6) is 0 Å². The fraction of sp³-hybridized carbons (Fsp3) is 0.324. The van der Waals surface area contributed by atoms with Crippen molar-refractivity contribution >= 4 is 63.8 Å². The molecule has 2 atom stereocenters. The van der Waals surface area contributed by atoms with Gasteiger partial charge in [-0.15, -0.1) is 5.53 Å². The summed E-state index contributed by atoms with van der Waals surface area (Å²) in [5.41, 5.74) is 4.60. The van der Waals surface area contributed by atoms with E-state index in [1.54, 1.807) is 61.6 Å². The summed E-state index contributed by atoms with van der Waals surface area (Å²) in [5.74, 6) is -2.53. The maximum atomic E-state index is 13.7. The van der Waals surface area contributed by atoms with Gasteiger partial charge in [0.2, 0.25) is 29.5 Å². The van der Waals surface area contributed by atoms with Crippen LogP contribution in [-0.2, 0) is 35.3 Å². The molecule has 4 aliphatic rings. The van der Waals surface area contributed by atoms with Crippen LogP contribution in [-0.4, -0.2) is 92.2 Å². The highest BCUT2D eigenvalue weighted by atomic mass is 16.5. The number of carbonyl (C=O) groups excluding carboxylic acids is 7. The number of nitrogens with zero attached hydrogens (tertiary/aromatic N) is 5. The molecule has 0 radical (unpaired) electrons. The van der Waals surface area contributed by atoms with Gasteiger partial charge < -0.3 is 15.0 Å². The number of imide groups is 2. The molecule has 2 aromatic carbocycles. The number of carbonyl (C=O) groups is 7. The van der Waals surface area contributed by atoms with Gasteiger partial charge in [-0.3, -0.25) is 64.1 Å². The summed E-state index contributed by atoms with van der Waals surface area (Å²) in [6.45, 7) is 1.25. The highest BCUT2D eigenvalue weighted by molar-refractivity contribution is 6.07. The van der Waals surface area contributed by atoms with Crippen LogP contribution in [0.3, 0.4) is 0 Å². The first-order chi connectivity index (χ1) is 25.4. The molecule has 0 saturated carbocycles. The molecule has 5 N–H and O–H groups in total. The van der Waals surface area contributed by atoms with Crippen LogP contribution in [0.2, 0.25) is 0 Å². The lowest BCUT2D eigenvalue weighted by atomic mass is 10.0. The third-order valence-electron chi connectivity index (χ3n) is 9.40. The fourth-order valence-corrected chi connectivity index (χ4v) is 6.85. The number of hydrogen-bond acceptors (Lipinski definition) is 13. The van der Waals surface area contributed by atoms with E-state index >= 15 is 0 Å². The monoisotopic (exact) mass is 726 g/mol. The zero-order valence-corrected chi connectivity index (χ0v) is 28.6. The van der Waals surface area contributed by atoms with Gasteiger partial charge in [0.05, 0.1) is 22.3 Å². The van der Waals surface area contributed by atoms with Crippen molar-refractivity contribution < 1.29 is 38.3 Å². The molecule has 7 amide bonds. The number of piperidine rings is 2. The van der Waals surface area contributed by atoms with E-state index < -0.39 is 47.4 Å². The Balaban J connectivity index is 0.975. The van der Waals surface area contributed by atoms with Gasteiger partial charge in [-0.1, -0.05) is 12.1 Å². The SMILES string of the molecule is Cc1nc2cccc(NC(=O)CN3C=C(COC(=O)Nc4cccc5c4CN(C4CCC(=O)NC4=O)C5=O)N(C)N3)c2c(=O)n1C1CCC(=O)NC1=O. The number of hydrogen-bond donors (Lipinski definition) is 5. The van der Waals surface area contributed by atoms with Crippen LogP contribution in [0.4, 0.5) is 16.2 Å². The first-order valence-corrected chi connectivity index (χ1v) is 16.7. The zero-order chi connectivity index (χ0) is 37.6. The van der Waals surface area contributed by atoms with Crippen LogP contribution in [0.1, 0.15) is 53.5 Å². The van der Waals surface area contributed by atoms with Crippen molar-refractivity contribution in [2.24, 2.45) is 0 Å². The van der Waals surface area contributed by atoms with Crippen LogP contribution < -0.4 is 32.4 Å². The molecule has 2 saturated heterocycles. The third kappa shape index (κ3) is 6.76. The smallest absolute Gasteiger partial charge is 0.412 e. The van der Waals surface area contributed by atoms with Gasteiger partial charge >= 0.3 is 6.09 Å². The number of fused-ring (bicyclic) bond motifs is 2. The second-order valence-corrected chi connectivity index (χ2v) is 12.9. The number of aromatic nitrogens is 2. The number of ether oxygens (including phenoxy) is 1. The number of benzene rings is 2. The van der Waals surface area contributed by atoms with E-state index in [1.807, 2.05) is 0 Å². The molecule has 274 valence electrons. The summed E-state index contributed by atoms with van der Waals surface area (Å²) in [4.78, 5) is 107. The Morgan fingerprint density at radius 1 is 0.906 bits per heavy atom. The van der Waals surface area contributed by atoms with Gasteiger partial charge in [-0.25, -0.2) is 9.78 Å². The maximum absolute atomic E-state index is 13.7. The van der Waals surface area contributed by atoms with Crippen molar-refractivity contribution in [2.45, 2.75) is 51.2 Å². The van der Waals surface area contributed by atoms with Gasteiger partial charge in [-0.05, 0) is 44.0 Å². The van der Waals surface area contributed by atoms with Gasteiger partial charge in [0.1, 0.15) is 31.1 Å². The Bertz CT molecular complexity index is 2220. The number of rotatable bonds is 8. The van der Waals surface area contributed by atoms with Gasteiger partial charge in [-0.2, -0.15) is 0 Å². The number of hydrazine groups is 2. The highest BCUT2D eigenvalue weighted by Crippen LogP contribution is 2.32. The largest absolute Gasteiger partial charge is 0.443 e. The quantitative estimate of drug-likeness (QED) is 0.195. The zero-order valence-electron chi connectivity index (χ0n) is 28.6. The molecule has 53 heavy (non-hydrogen) atoms. The highest BCUT2D eigenvalue weighted by Gasteiger charge is 2.40. The molecule has 19 nitrogen and oxygen atoms in total. The molecular formula is C34H34N10O9. The van der Waals surface area contributed by atoms with Crippen molar-refractivity contribution in [3.63, 3.8) is 0 Å². The Kier molecular flexibility index (Phi) is 9.08. The summed E-state index contributed by atoms with van der Waals surface area (Å²) in [7, 11) is 1.65. The number of anilines is 2. The van der Waals surface area contributed by atoms with E-state index in [0.29, 0.717) is 28.0 Å². The number of likely N-dealkylation sites (N-methyl/N-ethyl adjacent to an activating group) is 1. The van der Waals surface area contributed by atoms with E-state index in [-0.39, 0.29) is 74.1 Å². The number of amides is 7. The standard InChI is InChI=1S/C34H34N10O9/c1-17-35-22-7-4-8-23(29(22)33(51)44(17)25-10-12-27(46)39-31(25)49)36-28(47)15-42-13-18(41(2)40-42)16-53-34(52)37-21-6-3-5-19-20(21)14-43(32(19)50)24-9-11-26(45)38-30(24)48/h3-8,13,24-25,40H,9-12,14-16H2,1-2H3,(H,36,47)(H,37,52)(H,38,45,48)(H,39,46,49). The summed E-state index contributed by atoms with van der Waals surface area (Å²) < 4.78 is 6.67. The summed E-state index contributed by atoms with van der Waals surface area (Å²) >= 11 is 0. The van der Waals surface area contributed by atoms with Crippen molar-refractivity contribution in [3.05, 3.63) is 75.6 Å². The topological polar surface area (TPSA) is 233 Å². The lowest BCUT2D eigenvalue weighted by molar-refractivity contribution is -0.138. The molecule has 0 bridgehead atoms. The minimum Gasteiger partial charge on any atom is -0.443 e. The molecule has 5 heterocycles. The fourth-order valence-electron chi connectivity index (χ4n) is 6.85. The molecule has 19 heteroatoms. The lowest BCUT2D eigenvalue weighted by Gasteiger charge is -2.29. The van der Waals surface area contributed by atoms with Crippen LogP contribution in [0.25, 0.3) is 10.9 Å². The molecular weight excluding hydrogens is 692 g/mol. The molecule has 0 aliphatic carbocycles. The summed E-state index contributed by atoms with van der Waals surface area (Å²) in [6.07, 6.45) is 1.30. The van der Waals surface area contributed by atoms with Crippen LogP contribution in [0, 0.1) is 6.92 Å². The van der Waals surface area contributed by atoms with Crippen LogP contribution >= 0.6 is 0 Å². The molecule has 4 aliphatic heterocycles. The van der Waals surface area contributed by atoms with E-state index in [0.717, 1.165) is 0 Å². The minimum atomic E-state index is -0.925. The van der Waals surface area contributed by atoms with E-state index in [4.69, 9.17) is 4.74 Å². The maximum Gasteiger partial charge on any atom is 0.412 e. The Hall–Kier alpha value is -6.63. The first-order valence-electron chi connectivity index (χ1n) is 16.7. The summed E-state index contributed by atoms with van der Waals surface area (Å²) in [5, 5.41) is 13.0. The second kappa shape index (κ2) is 13.8. The van der Waals surface area contributed by atoms with Crippen LogP contribution in [0.15, 0.2) is 53.1 Å².